The summed E-state index contributed by atoms with van der Waals surface area (Å²) < 4.78 is 0. The summed E-state index contributed by atoms with van der Waals surface area (Å²) in [5, 5.41) is 6.20. The first-order chi connectivity index (χ1) is 11.1. The van der Waals surface area contributed by atoms with Crippen LogP contribution in [0.5, 0.6) is 0 Å². The largest absolute Gasteiger partial charge is 0.350 e. The Hall–Kier alpha value is -1.43. The number of nitrogens with zero attached hydrogens (tertiary/aromatic N) is 1. The molecule has 1 atom stereocenters. The van der Waals surface area contributed by atoms with Gasteiger partial charge in [-0.15, -0.1) is 11.3 Å². The van der Waals surface area contributed by atoms with Crippen molar-refractivity contribution >= 4 is 28.8 Å². The van der Waals surface area contributed by atoms with Gasteiger partial charge < -0.3 is 11.1 Å². The van der Waals surface area contributed by atoms with Crippen LogP contribution in [0, 0.1) is 0 Å². The topological polar surface area (TPSA) is 68.0 Å². The van der Waals surface area contributed by atoms with E-state index < -0.39 is 0 Å². The number of unbranched alkanes of at least 4 members (excludes halogenated alkanes) is 1. The Labute approximate surface area is 146 Å². The van der Waals surface area contributed by atoms with Crippen LogP contribution in [0.4, 0.5) is 0 Å². The normalized spacial score (nSPS) is 12.1. The van der Waals surface area contributed by atoms with Crippen molar-refractivity contribution in [1.29, 1.82) is 0 Å². The highest BCUT2D eigenvalue weighted by atomic mass is 35.5. The minimum atomic E-state index is -0.165. The maximum absolute atomic E-state index is 12.1. The fraction of sp³-hybridized carbons (Fsp3) is 0.412. The van der Waals surface area contributed by atoms with E-state index in [0.717, 1.165) is 34.9 Å². The number of aromatic nitrogens is 1. The molecule has 1 amide bonds. The summed E-state index contributed by atoms with van der Waals surface area (Å²) in [6.07, 6.45) is 3.77. The smallest absolute Gasteiger partial charge is 0.270 e. The van der Waals surface area contributed by atoms with Crippen LogP contribution in [-0.2, 0) is 6.42 Å². The van der Waals surface area contributed by atoms with E-state index >= 15 is 0 Å². The number of amides is 1. The molecule has 1 aromatic heterocycles. The fourth-order valence-electron chi connectivity index (χ4n) is 2.21. The van der Waals surface area contributed by atoms with Crippen LogP contribution in [0.15, 0.2) is 29.6 Å². The molecule has 0 bridgehead atoms. The average Bonchev–Trinajstić information content (AvgIpc) is 3.04. The molecule has 1 unspecified atom stereocenters. The molecule has 1 heterocycles. The van der Waals surface area contributed by atoms with Gasteiger partial charge in [-0.05, 0) is 24.5 Å². The van der Waals surface area contributed by atoms with Gasteiger partial charge in [0, 0.05) is 16.9 Å². The van der Waals surface area contributed by atoms with Crippen LogP contribution in [0.3, 0.4) is 0 Å². The summed E-state index contributed by atoms with van der Waals surface area (Å²) in [5.41, 5.74) is 7.55. The van der Waals surface area contributed by atoms with Gasteiger partial charge in [0.1, 0.15) is 10.7 Å². The van der Waals surface area contributed by atoms with Crippen molar-refractivity contribution in [1.82, 2.24) is 10.3 Å². The van der Waals surface area contributed by atoms with Crippen molar-refractivity contribution in [3.63, 3.8) is 0 Å². The van der Waals surface area contributed by atoms with Crippen LogP contribution < -0.4 is 11.1 Å². The lowest BCUT2D eigenvalue weighted by Crippen LogP contribution is -2.26. The molecule has 23 heavy (non-hydrogen) atoms. The number of halogens is 1. The molecular weight excluding hydrogens is 330 g/mol. The molecule has 2 aromatic rings. The van der Waals surface area contributed by atoms with Crippen LogP contribution in [0.1, 0.15) is 53.3 Å². The number of thiazole rings is 1. The van der Waals surface area contributed by atoms with Gasteiger partial charge in [-0.25, -0.2) is 4.98 Å². The molecule has 1 aromatic carbocycles. The van der Waals surface area contributed by atoms with Gasteiger partial charge in [-0.1, -0.05) is 49.6 Å². The number of hydrogen-bond acceptors (Lipinski definition) is 4. The van der Waals surface area contributed by atoms with Gasteiger partial charge in [0.25, 0.3) is 5.91 Å². The Morgan fingerprint density at radius 1 is 1.43 bits per heavy atom. The molecule has 3 N–H and O–H groups in total. The maximum atomic E-state index is 12.1. The number of hydrogen-bond donors (Lipinski definition) is 2. The van der Waals surface area contributed by atoms with Crippen molar-refractivity contribution in [3.8, 4) is 0 Å². The molecule has 0 fully saturated rings. The molecule has 0 aliphatic heterocycles. The molecule has 0 saturated carbocycles. The Bertz CT molecular complexity index is 644. The highest BCUT2D eigenvalue weighted by molar-refractivity contribution is 7.09. The summed E-state index contributed by atoms with van der Waals surface area (Å²) >= 11 is 7.55. The molecule has 6 heteroatoms. The van der Waals surface area contributed by atoms with E-state index in [1.54, 1.807) is 5.38 Å². The highest BCUT2D eigenvalue weighted by Crippen LogP contribution is 2.21. The fourth-order valence-corrected chi connectivity index (χ4v) is 3.28. The molecule has 124 valence electrons. The molecule has 0 aliphatic carbocycles. The van der Waals surface area contributed by atoms with Crippen molar-refractivity contribution in [2.24, 2.45) is 5.73 Å². The van der Waals surface area contributed by atoms with E-state index in [2.05, 4.69) is 17.2 Å². The number of nitrogens with two attached hydrogens (primary N) is 1. The number of benzene rings is 1. The van der Waals surface area contributed by atoms with E-state index in [9.17, 15) is 4.79 Å². The lowest BCUT2D eigenvalue weighted by atomic mass is 10.1. The highest BCUT2D eigenvalue weighted by Gasteiger charge is 2.14. The third kappa shape index (κ3) is 5.30. The summed E-state index contributed by atoms with van der Waals surface area (Å²) in [6, 6.07) is 7.56. The quantitative estimate of drug-likeness (QED) is 0.756. The van der Waals surface area contributed by atoms with Crippen LogP contribution in [0.25, 0.3) is 0 Å². The molecule has 0 aliphatic rings. The number of carbonyl (C=O) groups excluding carboxylic acids is 1. The third-order valence-electron chi connectivity index (χ3n) is 3.58. The van der Waals surface area contributed by atoms with Crippen molar-refractivity contribution < 1.29 is 4.79 Å². The maximum Gasteiger partial charge on any atom is 0.270 e. The predicted molar refractivity (Wildman–Crippen MR) is 96.1 cm³/mol. The average molecular weight is 352 g/mol. The molecule has 4 nitrogen and oxygen atoms in total. The number of carbonyl (C=O) groups is 1. The zero-order chi connectivity index (χ0) is 16.7. The summed E-state index contributed by atoms with van der Waals surface area (Å²) in [5.74, 6) is -0.165. The minimum absolute atomic E-state index is 0.0791. The Kier molecular flexibility index (Phi) is 7.02. The Morgan fingerprint density at radius 3 is 2.96 bits per heavy atom. The summed E-state index contributed by atoms with van der Waals surface area (Å²) in [7, 11) is 0. The van der Waals surface area contributed by atoms with Gasteiger partial charge in [-0.3, -0.25) is 4.79 Å². The lowest BCUT2D eigenvalue weighted by Gasteiger charge is -2.07. The third-order valence-corrected chi connectivity index (χ3v) is 4.92. The first-order valence-corrected chi connectivity index (χ1v) is 9.10. The number of rotatable bonds is 8. The standard InChI is InChI=1S/C17H22ClN3OS/c1-2-3-8-14(19)17-21-15(11-23-17)16(22)20-10-9-12-6-4-5-7-13(12)18/h4-7,11,14H,2-3,8-10,19H2,1H3,(H,20,22). The van der Waals surface area contributed by atoms with Crippen molar-refractivity contribution in [2.45, 2.75) is 38.6 Å². The Morgan fingerprint density at radius 2 is 2.22 bits per heavy atom. The van der Waals surface area contributed by atoms with Gasteiger partial charge in [0.2, 0.25) is 0 Å². The second-order valence-electron chi connectivity index (χ2n) is 5.42. The SMILES string of the molecule is CCCCC(N)c1nc(C(=O)NCCc2ccccc2Cl)cs1. The predicted octanol–water partition coefficient (Wildman–Crippen LogP) is 3.96. The van der Waals surface area contributed by atoms with Crippen LogP contribution >= 0.6 is 22.9 Å². The first kappa shape index (κ1) is 17.9. The van der Waals surface area contributed by atoms with E-state index in [1.165, 1.54) is 11.3 Å². The van der Waals surface area contributed by atoms with Gasteiger partial charge in [-0.2, -0.15) is 0 Å². The summed E-state index contributed by atoms with van der Waals surface area (Å²) in [4.78, 5) is 16.5. The number of nitrogens with one attached hydrogen (secondary N) is 1. The lowest BCUT2D eigenvalue weighted by molar-refractivity contribution is 0.0949. The van der Waals surface area contributed by atoms with Gasteiger partial charge in [0.05, 0.1) is 6.04 Å². The summed E-state index contributed by atoms with van der Waals surface area (Å²) in [6.45, 7) is 2.66. The van der Waals surface area contributed by atoms with Gasteiger partial charge >= 0.3 is 0 Å². The van der Waals surface area contributed by atoms with Crippen LogP contribution in [0.2, 0.25) is 5.02 Å². The monoisotopic (exact) mass is 351 g/mol. The van der Waals surface area contributed by atoms with Crippen LogP contribution in [-0.4, -0.2) is 17.4 Å². The zero-order valence-electron chi connectivity index (χ0n) is 13.2. The zero-order valence-corrected chi connectivity index (χ0v) is 14.8. The van der Waals surface area contributed by atoms with Crippen molar-refractivity contribution in [3.05, 3.63) is 50.9 Å². The molecule has 0 radical (unpaired) electrons. The van der Waals surface area contributed by atoms with E-state index in [-0.39, 0.29) is 11.9 Å². The minimum Gasteiger partial charge on any atom is -0.350 e. The first-order valence-electron chi connectivity index (χ1n) is 7.84. The van der Waals surface area contributed by atoms with Crippen molar-refractivity contribution in [2.75, 3.05) is 6.54 Å². The van der Waals surface area contributed by atoms with E-state index in [0.29, 0.717) is 18.7 Å². The molecule has 0 spiro atoms. The molecule has 2 rings (SSSR count). The second-order valence-corrected chi connectivity index (χ2v) is 6.71. The van der Waals surface area contributed by atoms with Gasteiger partial charge in [0.15, 0.2) is 0 Å². The molecular formula is C17H22ClN3OS. The second kappa shape index (κ2) is 9.01. The molecule has 0 saturated heterocycles. The Balaban J connectivity index is 1.84. The van der Waals surface area contributed by atoms with E-state index in [1.807, 2.05) is 24.3 Å². The van der Waals surface area contributed by atoms with E-state index in [4.69, 9.17) is 17.3 Å².